The van der Waals surface area contributed by atoms with Gasteiger partial charge in [0.05, 0.1) is 15.4 Å². The van der Waals surface area contributed by atoms with E-state index in [4.69, 9.17) is 23.2 Å². The molecule has 0 saturated carbocycles. The quantitative estimate of drug-likeness (QED) is 0.651. The number of hydrogen-bond donors (Lipinski definition) is 2. The molecule has 0 aromatic heterocycles. The third-order valence-corrected chi connectivity index (χ3v) is 2.51. The molecular weight excluding hydrogens is 293 g/mol. The summed E-state index contributed by atoms with van der Waals surface area (Å²) in [4.78, 5) is 11.0. The summed E-state index contributed by atoms with van der Waals surface area (Å²) in [7, 11) is 0. The van der Waals surface area contributed by atoms with Gasteiger partial charge in [-0.25, -0.2) is 0 Å². The Hall–Kier alpha value is -0.450. The Morgan fingerprint density at radius 1 is 1.43 bits per heavy atom. The topological polar surface area (TPSA) is 49.3 Å². The monoisotopic (exact) mass is 297 g/mol. The number of alkyl halides is 1. The van der Waals surface area contributed by atoms with Crippen molar-refractivity contribution in [1.82, 2.24) is 0 Å². The van der Waals surface area contributed by atoms with Crippen molar-refractivity contribution in [3.8, 4) is 5.75 Å². The van der Waals surface area contributed by atoms with E-state index in [2.05, 4.69) is 21.2 Å². The predicted molar refractivity (Wildman–Crippen MR) is 60.6 cm³/mol. The summed E-state index contributed by atoms with van der Waals surface area (Å²) in [5.41, 5.74) is 0.447. The average molecular weight is 299 g/mol. The first-order valence-electron chi connectivity index (χ1n) is 3.58. The van der Waals surface area contributed by atoms with Gasteiger partial charge in [-0.2, -0.15) is 0 Å². The Labute approximate surface area is 99.1 Å². The molecule has 0 spiro atoms. The molecule has 3 nitrogen and oxygen atoms in total. The van der Waals surface area contributed by atoms with Crippen LogP contribution < -0.4 is 5.32 Å². The number of phenols is 1. The Bertz CT molecular complexity index is 347. The van der Waals surface area contributed by atoms with Crippen LogP contribution in [-0.4, -0.2) is 16.3 Å². The van der Waals surface area contributed by atoms with Crippen molar-refractivity contribution in [2.75, 3.05) is 10.6 Å². The van der Waals surface area contributed by atoms with Gasteiger partial charge in [0, 0.05) is 5.69 Å². The number of anilines is 1. The van der Waals surface area contributed by atoms with E-state index < -0.39 is 0 Å². The molecule has 0 fully saturated rings. The number of hydrogen-bond acceptors (Lipinski definition) is 2. The van der Waals surface area contributed by atoms with Crippen molar-refractivity contribution in [2.45, 2.75) is 0 Å². The van der Waals surface area contributed by atoms with Crippen LogP contribution in [0.2, 0.25) is 10.0 Å². The smallest absolute Gasteiger partial charge is 0.235 e. The first-order chi connectivity index (χ1) is 6.54. The van der Waals surface area contributed by atoms with Crippen molar-refractivity contribution >= 4 is 50.7 Å². The summed E-state index contributed by atoms with van der Waals surface area (Å²) in [5, 5.41) is 12.2. The Morgan fingerprint density at radius 2 is 1.93 bits per heavy atom. The minimum Gasteiger partial charge on any atom is -0.505 e. The largest absolute Gasteiger partial charge is 0.505 e. The van der Waals surface area contributed by atoms with Crippen LogP contribution in [0.3, 0.4) is 0 Å². The lowest BCUT2D eigenvalue weighted by Gasteiger charge is -2.06. The van der Waals surface area contributed by atoms with Crippen molar-refractivity contribution < 1.29 is 9.90 Å². The Morgan fingerprint density at radius 3 is 2.36 bits per heavy atom. The number of carbonyl (C=O) groups is 1. The lowest BCUT2D eigenvalue weighted by molar-refractivity contribution is -0.113. The van der Waals surface area contributed by atoms with Crippen molar-refractivity contribution in [2.24, 2.45) is 0 Å². The van der Waals surface area contributed by atoms with Crippen LogP contribution in [-0.2, 0) is 4.79 Å². The minimum absolute atomic E-state index is 0.0994. The molecule has 14 heavy (non-hydrogen) atoms. The maximum absolute atomic E-state index is 11.0. The molecular formula is C8H6BrCl2NO2. The van der Waals surface area contributed by atoms with Gasteiger partial charge >= 0.3 is 0 Å². The van der Waals surface area contributed by atoms with Gasteiger partial charge < -0.3 is 10.4 Å². The van der Waals surface area contributed by atoms with Crippen LogP contribution >= 0.6 is 39.1 Å². The molecule has 1 aromatic rings. The summed E-state index contributed by atoms with van der Waals surface area (Å²) in [6.45, 7) is 0. The van der Waals surface area contributed by atoms with Crippen LogP contribution in [0.15, 0.2) is 12.1 Å². The number of rotatable bonds is 2. The van der Waals surface area contributed by atoms with E-state index in [1.54, 1.807) is 0 Å². The lowest BCUT2D eigenvalue weighted by atomic mass is 10.3. The van der Waals surface area contributed by atoms with Crippen LogP contribution in [0.4, 0.5) is 5.69 Å². The fourth-order valence-electron chi connectivity index (χ4n) is 0.832. The molecule has 0 atom stereocenters. The van der Waals surface area contributed by atoms with Crippen molar-refractivity contribution in [3.05, 3.63) is 22.2 Å². The molecule has 0 aliphatic heterocycles. The van der Waals surface area contributed by atoms with Gasteiger partial charge in [0.15, 0.2) is 5.75 Å². The van der Waals surface area contributed by atoms with Crippen LogP contribution in [0, 0.1) is 0 Å². The molecule has 0 unspecified atom stereocenters. The van der Waals surface area contributed by atoms with E-state index in [-0.39, 0.29) is 27.0 Å². The molecule has 0 radical (unpaired) electrons. The molecule has 0 bridgehead atoms. The third kappa shape index (κ3) is 2.77. The van der Waals surface area contributed by atoms with Crippen LogP contribution in [0.1, 0.15) is 0 Å². The van der Waals surface area contributed by atoms with Gasteiger partial charge in [0.25, 0.3) is 0 Å². The highest BCUT2D eigenvalue weighted by atomic mass is 79.9. The highest BCUT2D eigenvalue weighted by Gasteiger charge is 2.07. The van der Waals surface area contributed by atoms with Gasteiger partial charge in [0.2, 0.25) is 5.91 Å². The number of halogens is 3. The zero-order valence-corrected chi connectivity index (χ0v) is 9.95. The molecule has 2 N–H and O–H groups in total. The van der Waals surface area contributed by atoms with E-state index in [0.717, 1.165) is 0 Å². The molecule has 0 saturated heterocycles. The summed E-state index contributed by atoms with van der Waals surface area (Å²) >= 11 is 14.3. The van der Waals surface area contributed by atoms with Gasteiger partial charge in [-0.15, -0.1) is 0 Å². The zero-order valence-electron chi connectivity index (χ0n) is 6.85. The fraction of sp³-hybridized carbons (Fsp3) is 0.125. The minimum atomic E-state index is -0.220. The molecule has 0 aliphatic carbocycles. The molecule has 1 amide bonds. The molecule has 0 heterocycles. The van der Waals surface area contributed by atoms with Crippen molar-refractivity contribution in [3.63, 3.8) is 0 Å². The maximum Gasteiger partial charge on any atom is 0.235 e. The van der Waals surface area contributed by atoms with E-state index in [0.29, 0.717) is 5.69 Å². The molecule has 0 aliphatic rings. The van der Waals surface area contributed by atoms with E-state index in [9.17, 15) is 9.90 Å². The zero-order chi connectivity index (χ0) is 10.7. The number of amides is 1. The second kappa shape index (κ2) is 4.87. The molecule has 1 rings (SSSR count). The van der Waals surface area contributed by atoms with Gasteiger partial charge in [-0.05, 0) is 12.1 Å². The van der Waals surface area contributed by atoms with Gasteiger partial charge in [-0.1, -0.05) is 39.1 Å². The van der Waals surface area contributed by atoms with Gasteiger partial charge in [0.1, 0.15) is 0 Å². The van der Waals surface area contributed by atoms with E-state index in [1.165, 1.54) is 12.1 Å². The summed E-state index contributed by atoms with van der Waals surface area (Å²) in [6.07, 6.45) is 0. The fourth-order valence-corrected chi connectivity index (χ4v) is 1.46. The predicted octanol–water partition coefficient (Wildman–Crippen LogP) is 3.03. The second-order valence-electron chi connectivity index (χ2n) is 2.47. The molecule has 1 aromatic carbocycles. The standard InChI is InChI=1S/C8H6BrCl2NO2/c9-3-7(13)12-4-1-5(10)8(14)6(11)2-4/h1-2,14H,3H2,(H,12,13). The summed E-state index contributed by atoms with van der Waals surface area (Å²) in [5.74, 6) is -0.409. The van der Waals surface area contributed by atoms with Crippen LogP contribution in [0.25, 0.3) is 0 Å². The third-order valence-electron chi connectivity index (χ3n) is 1.42. The number of benzene rings is 1. The van der Waals surface area contributed by atoms with Gasteiger partial charge in [-0.3, -0.25) is 4.79 Å². The summed E-state index contributed by atoms with van der Waals surface area (Å²) in [6, 6.07) is 2.84. The molecule has 6 heteroatoms. The maximum atomic E-state index is 11.0. The SMILES string of the molecule is O=C(CBr)Nc1cc(Cl)c(O)c(Cl)c1. The first-order valence-corrected chi connectivity index (χ1v) is 5.46. The average Bonchev–Trinajstić information content (AvgIpc) is 2.14. The van der Waals surface area contributed by atoms with Crippen molar-refractivity contribution in [1.29, 1.82) is 0 Å². The number of aromatic hydroxyl groups is 1. The lowest BCUT2D eigenvalue weighted by Crippen LogP contribution is -2.12. The normalized spacial score (nSPS) is 9.93. The second-order valence-corrected chi connectivity index (χ2v) is 3.85. The van der Waals surface area contributed by atoms with E-state index >= 15 is 0 Å². The van der Waals surface area contributed by atoms with E-state index in [1.807, 2.05) is 0 Å². The number of phenolic OH excluding ortho intramolecular Hbond substituents is 1. The summed E-state index contributed by atoms with van der Waals surface area (Å²) < 4.78 is 0. The highest BCUT2D eigenvalue weighted by Crippen LogP contribution is 2.34. The Kier molecular flexibility index (Phi) is 4.04. The Balaban J connectivity index is 2.95. The first kappa shape index (κ1) is 11.6. The number of nitrogens with one attached hydrogen (secondary N) is 1. The highest BCUT2D eigenvalue weighted by molar-refractivity contribution is 9.09. The van der Waals surface area contributed by atoms with Crippen LogP contribution in [0.5, 0.6) is 5.75 Å². The molecule has 76 valence electrons. The number of carbonyl (C=O) groups excluding carboxylic acids is 1.